The quantitative estimate of drug-likeness (QED) is 0.279. The van der Waals surface area contributed by atoms with Gasteiger partial charge in [0.25, 0.3) is 11.6 Å². The number of nitrogens with zero attached hydrogens (tertiary/aromatic N) is 2. The molecule has 0 bridgehead atoms. The number of halogens is 1. The molecule has 9 nitrogen and oxygen atoms in total. The number of hydrogen-bond donors (Lipinski definition) is 2. The van der Waals surface area contributed by atoms with Gasteiger partial charge in [0.1, 0.15) is 17.3 Å². The van der Waals surface area contributed by atoms with E-state index in [1.807, 2.05) is 0 Å². The number of nitro groups is 1. The summed E-state index contributed by atoms with van der Waals surface area (Å²) in [5.41, 5.74) is 0.969. The van der Waals surface area contributed by atoms with Crippen molar-refractivity contribution in [3.63, 3.8) is 0 Å². The van der Waals surface area contributed by atoms with Gasteiger partial charge in [0, 0.05) is 44.1 Å². The van der Waals surface area contributed by atoms with Crippen LogP contribution in [0.3, 0.4) is 0 Å². The largest absolute Gasteiger partial charge is 0.439 e. The normalized spacial score (nSPS) is 10.4. The number of carbonyl (C=O) groups excluding carboxylic acids is 1. The van der Waals surface area contributed by atoms with Gasteiger partial charge in [-0.15, -0.1) is 0 Å². The molecular weight excluding hydrogens is 419 g/mol. The standard InChI is InChI=1S/C22H21FN4O5/c1-31-11-10-24-19-7-2-16(13-20(19)27(29)30)22(28)26-14-15-8-9-25-21(12-15)32-18-5-3-17(23)4-6-18/h2-9,12-13,24H,10-11,14H2,1H3,(H,26,28). The highest BCUT2D eigenvalue weighted by Gasteiger charge is 2.17. The number of pyridine rings is 1. The zero-order valence-electron chi connectivity index (χ0n) is 17.2. The molecule has 0 unspecified atom stereocenters. The Labute approximate surface area is 183 Å². The maximum atomic E-state index is 13.0. The lowest BCUT2D eigenvalue weighted by Gasteiger charge is -2.10. The lowest BCUT2D eigenvalue weighted by Crippen LogP contribution is -2.23. The highest BCUT2D eigenvalue weighted by Crippen LogP contribution is 2.25. The van der Waals surface area contributed by atoms with Crippen molar-refractivity contribution in [3.8, 4) is 11.6 Å². The van der Waals surface area contributed by atoms with Crippen molar-refractivity contribution in [3.05, 3.63) is 87.9 Å². The van der Waals surface area contributed by atoms with Crippen LogP contribution in [0.2, 0.25) is 0 Å². The number of ether oxygens (including phenoxy) is 2. The van der Waals surface area contributed by atoms with Gasteiger partial charge in [0.05, 0.1) is 11.5 Å². The Bertz CT molecular complexity index is 1090. The Hall–Kier alpha value is -4.05. The molecule has 0 fully saturated rings. The van der Waals surface area contributed by atoms with Crippen LogP contribution in [0.4, 0.5) is 15.8 Å². The van der Waals surface area contributed by atoms with Gasteiger partial charge in [0.2, 0.25) is 5.88 Å². The number of methoxy groups -OCH3 is 1. The minimum absolute atomic E-state index is 0.156. The van der Waals surface area contributed by atoms with Crippen LogP contribution in [-0.4, -0.2) is 36.1 Å². The van der Waals surface area contributed by atoms with E-state index in [0.29, 0.717) is 30.2 Å². The number of anilines is 1. The molecule has 3 rings (SSSR count). The lowest BCUT2D eigenvalue weighted by atomic mass is 10.1. The van der Waals surface area contributed by atoms with Crippen LogP contribution >= 0.6 is 0 Å². The van der Waals surface area contributed by atoms with Crippen LogP contribution in [0.1, 0.15) is 15.9 Å². The third-order valence-corrected chi connectivity index (χ3v) is 4.37. The van der Waals surface area contributed by atoms with Crippen LogP contribution in [-0.2, 0) is 11.3 Å². The Morgan fingerprint density at radius 2 is 1.94 bits per heavy atom. The zero-order chi connectivity index (χ0) is 22.9. The minimum atomic E-state index is -0.548. The van der Waals surface area contributed by atoms with Crippen molar-refractivity contribution in [2.75, 3.05) is 25.6 Å². The summed E-state index contributed by atoms with van der Waals surface area (Å²) in [6.07, 6.45) is 1.52. The molecule has 0 atom stereocenters. The maximum Gasteiger partial charge on any atom is 0.293 e. The van der Waals surface area contributed by atoms with E-state index in [9.17, 15) is 19.3 Å². The van der Waals surface area contributed by atoms with Crippen molar-refractivity contribution in [1.82, 2.24) is 10.3 Å². The topological polar surface area (TPSA) is 116 Å². The Kier molecular flexibility index (Phi) is 7.65. The van der Waals surface area contributed by atoms with Crippen LogP contribution in [0.15, 0.2) is 60.8 Å². The van der Waals surface area contributed by atoms with Crippen LogP contribution in [0, 0.1) is 15.9 Å². The molecule has 2 aromatic carbocycles. The molecule has 3 aromatic rings. The number of hydrogen-bond acceptors (Lipinski definition) is 7. The minimum Gasteiger partial charge on any atom is -0.439 e. The van der Waals surface area contributed by atoms with Crippen LogP contribution in [0.25, 0.3) is 0 Å². The summed E-state index contributed by atoms with van der Waals surface area (Å²) in [6, 6.07) is 13.1. The van der Waals surface area contributed by atoms with E-state index in [2.05, 4.69) is 15.6 Å². The molecule has 1 aromatic heterocycles. The molecule has 166 valence electrons. The Morgan fingerprint density at radius 1 is 1.16 bits per heavy atom. The molecule has 2 N–H and O–H groups in total. The number of nitro benzene ring substituents is 1. The van der Waals surface area contributed by atoms with E-state index < -0.39 is 10.8 Å². The highest BCUT2D eigenvalue weighted by atomic mass is 19.1. The second-order valence-electron chi connectivity index (χ2n) is 6.65. The molecule has 10 heteroatoms. The van der Waals surface area contributed by atoms with Crippen molar-refractivity contribution < 1.29 is 23.6 Å². The fraction of sp³-hybridized carbons (Fsp3) is 0.182. The van der Waals surface area contributed by atoms with Crippen LogP contribution < -0.4 is 15.4 Å². The molecule has 1 heterocycles. The number of carbonyl (C=O) groups is 1. The highest BCUT2D eigenvalue weighted by molar-refractivity contribution is 5.95. The molecule has 1 amide bonds. The molecule has 0 spiro atoms. The van der Waals surface area contributed by atoms with E-state index >= 15 is 0 Å². The molecule has 0 saturated heterocycles. The first-order chi connectivity index (χ1) is 15.5. The molecule has 0 saturated carbocycles. The van der Waals surface area contributed by atoms with Gasteiger partial charge in [-0.3, -0.25) is 14.9 Å². The third kappa shape index (κ3) is 6.22. The summed E-state index contributed by atoms with van der Waals surface area (Å²) in [6.45, 7) is 0.939. The van der Waals surface area contributed by atoms with Gasteiger partial charge in [-0.2, -0.15) is 0 Å². The van der Waals surface area contributed by atoms with Gasteiger partial charge < -0.3 is 20.1 Å². The van der Waals surface area contributed by atoms with E-state index in [4.69, 9.17) is 9.47 Å². The summed E-state index contributed by atoms with van der Waals surface area (Å²) < 4.78 is 23.5. The predicted octanol–water partition coefficient (Wildman–Crippen LogP) is 3.91. The Morgan fingerprint density at radius 3 is 2.66 bits per heavy atom. The van der Waals surface area contributed by atoms with E-state index in [1.165, 1.54) is 55.8 Å². The SMILES string of the molecule is COCCNc1ccc(C(=O)NCc2ccnc(Oc3ccc(F)cc3)c2)cc1[N+](=O)[O-]. The second-order valence-corrected chi connectivity index (χ2v) is 6.65. The Balaban J connectivity index is 1.64. The zero-order valence-corrected chi connectivity index (χ0v) is 17.2. The van der Waals surface area contributed by atoms with Crippen molar-refractivity contribution in [2.45, 2.75) is 6.54 Å². The number of amides is 1. The summed E-state index contributed by atoms with van der Waals surface area (Å²) in [7, 11) is 1.53. The van der Waals surface area contributed by atoms with Crippen molar-refractivity contribution in [1.29, 1.82) is 0 Å². The summed E-state index contributed by atoms with van der Waals surface area (Å²) >= 11 is 0. The molecule has 32 heavy (non-hydrogen) atoms. The van der Waals surface area contributed by atoms with E-state index in [0.717, 1.165) is 0 Å². The average Bonchev–Trinajstić information content (AvgIpc) is 2.79. The van der Waals surface area contributed by atoms with Crippen molar-refractivity contribution in [2.24, 2.45) is 0 Å². The van der Waals surface area contributed by atoms with Gasteiger partial charge in [-0.25, -0.2) is 9.37 Å². The first kappa shape index (κ1) is 22.6. The third-order valence-electron chi connectivity index (χ3n) is 4.37. The molecule has 0 aliphatic rings. The summed E-state index contributed by atoms with van der Waals surface area (Å²) in [4.78, 5) is 27.4. The fourth-order valence-corrected chi connectivity index (χ4v) is 2.79. The molecule has 0 radical (unpaired) electrons. The molecule has 0 aliphatic heterocycles. The number of nitrogens with one attached hydrogen (secondary N) is 2. The number of aromatic nitrogens is 1. The number of benzene rings is 2. The first-order valence-corrected chi connectivity index (χ1v) is 9.64. The number of rotatable bonds is 10. The van der Waals surface area contributed by atoms with Gasteiger partial charge in [-0.1, -0.05) is 0 Å². The summed E-state index contributed by atoms with van der Waals surface area (Å²) in [5, 5.41) is 17.0. The fourth-order valence-electron chi connectivity index (χ4n) is 2.79. The lowest BCUT2D eigenvalue weighted by molar-refractivity contribution is -0.384. The van der Waals surface area contributed by atoms with Gasteiger partial charge in [0.15, 0.2) is 0 Å². The second kappa shape index (κ2) is 10.8. The van der Waals surface area contributed by atoms with Gasteiger partial charge in [-0.05, 0) is 48.0 Å². The molecular formula is C22H21FN4O5. The maximum absolute atomic E-state index is 13.0. The monoisotopic (exact) mass is 440 g/mol. The van der Waals surface area contributed by atoms with E-state index in [-0.39, 0.29) is 29.5 Å². The first-order valence-electron chi connectivity index (χ1n) is 9.64. The summed E-state index contributed by atoms with van der Waals surface area (Å²) in [5.74, 6) is -0.132. The van der Waals surface area contributed by atoms with Gasteiger partial charge >= 0.3 is 0 Å². The predicted molar refractivity (Wildman–Crippen MR) is 115 cm³/mol. The smallest absolute Gasteiger partial charge is 0.293 e. The van der Waals surface area contributed by atoms with Crippen LogP contribution in [0.5, 0.6) is 11.6 Å². The average molecular weight is 440 g/mol. The van der Waals surface area contributed by atoms with E-state index in [1.54, 1.807) is 12.1 Å². The molecule has 0 aliphatic carbocycles. The van der Waals surface area contributed by atoms with Crippen molar-refractivity contribution >= 4 is 17.3 Å².